The monoisotopic (exact) mass is 223 g/mol. The molecule has 0 amide bonds. The summed E-state index contributed by atoms with van der Waals surface area (Å²) in [5.41, 5.74) is 0.469. The van der Waals surface area contributed by atoms with E-state index in [0.29, 0.717) is 6.54 Å². The lowest BCUT2D eigenvalue weighted by Crippen LogP contribution is -2.38. The molecule has 1 aromatic rings. The molecule has 0 bridgehead atoms. The molecule has 0 spiro atoms. The van der Waals surface area contributed by atoms with Gasteiger partial charge in [0.1, 0.15) is 5.75 Å². The van der Waals surface area contributed by atoms with Crippen LogP contribution < -0.4 is 0 Å². The fourth-order valence-electron chi connectivity index (χ4n) is 1.69. The van der Waals surface area contributed by atoms with Gasteiger partial charge in [-0.3, -0.25) is 4.90 Å². The van der Waals surface area contributed by atoms with Crippen LogP contribution in [0.15, 0.2) is 24.3 Å². The summed E-state index contributed by atoms with van der Waals surface area (Å²) in [5.74, 6) is 0.286. The van der Waals surface area contributed by atoms with Crippen LogP contribution in [0.3, 0.4) is 0 Å². The van der Waals surface area contributed by atoms with Crippen molar-refractivity contribution in [1.82, 2.24) is 4.90 Å². The summed E-state index contributed by atoms with van der Waals surface area (Å²) in [6.45, 7) is 8.03. The second-order valence-electron chi connectivity index (χ2n) is 4.78. The van der Waals surface area contributed by atoms with Crippen molar-refractivity contribution in [2.45, 2.75) is 32.9 Å². The van der Waals surface area contributed by atoms with E-state index in [4.69, 9.17) is 0 Å². The first kappa shape index (κ1) is 13.0. The van der Waals surface area contributed by atoms with Gasteiger partial charge >= 0.3 is 0 Å². The number of aliphatic hydroxyl groups is 1. The van der Waals surface area contributed by atoms with Gasteiger partial charge in [-0.05, 0) is 38.1 Å². The summed E-state index contributed by atoms with van der Waals surface area (Å²) in [7, 11) is 0. The van der Waals surface area contributed by atoms with Crippen LogP contribution >= 0.6 is 0 Å². The second-order valence-corrected chi connectivity index (χ2v) is 4.78. The van der Waals surface area contributed by atoms with Gasteiger partial charge in [0.15, 0.2) is 0 Å². The van der Waals surface area contributed by atoms with E-state index in [-0.39, 0.29) is 5.75 Å². The molecule has 0 aromatic heterocycles. The van der Waals surface area contributed by atoms with Gasteiger partial charge in [-0.1, -0.05) is 19.1 Å². The number of nitrogens with zero attached hydrogens (tertiary/aromatic N) is 1. The number of likely N-dealkylation sites (N-methyl/N-ethyl adjacent to an activating group) is 1. The van der Waals surface area contributed by atoms with Gasteiger partial charge in [-0.25, -0.2) is 0 Å². The normalized spacial score (nSPS) is 12.1. The third-order valence-electron chi connectivity index (χ3n) is 2.40. The minimum Gasteiger partial charge on any atom is -0.508 e. The zero-order chi connectivity index (χ0) is 12.2. The number of hydrogen-bond acceptors (Lipinski definition) is 3. The number of benzene rings is 1. The van der Waals surface area contributed by atoms with Gasteiger partial charge in [0.25, 0.3) is 0 Å². The van der Waals surface area contributed by atoms with Crippen molar-refractivity contribution in [3.63, 3.8) is 0 Å². The van der Waals surface area contributed by atoms with Crippen LogP contribution in [0.25, 0.3) is 0 Å². The lowest BCUT2D eigenvalue weighted by atomic mass is 10.1. The maximum atomic E-state index is 9.76. The molecule has 0 aliphatic carbocycles. The third kappa shape index (κ3) is 4.64. The smallest absolute Gasteiger partial charge is 0.115 e. The molecule has 0 aliphatic rings. The Morgan fingerprint density at radius 2 is 1.75 bits per heavy atom. The molecule has 3 nitrogen and oxygen atoms in total. The van der Waals surface area contributed by atoms with Gasteiger partial charge in [0.2, 0.25) is 0 Å². The maximum absolute atomic E-state index is 9.76. The van der Waals surface area contributed by atoms with Crippen LogP contribution in [0, 0.1) is 0 Å². The van der Waals surface area contributed by atoms with Crippen molar-refractivity contribution in [3.05, 3.63) is 29.8 Å². The maximum Gasteiger partial charge on any atom is 0.115 e. The van der Waals surface area contributed by atoms with Gasteiger partial charge in [0.05, 0.1) is 5.60 Å². The van der Waals surface area contributed by atoms with Gasteiger partial charge in [-0.15, -0.1) is 0 Å². The van der Waals surface area contributed by atoms with Crippen LogP contribution in [0.1, 0.15) is 26.3 Å². The Labute approximate surface area is 97.3 Å². The minimum atomic E-state index is -0.674. The molecule has 0 heterocycles. The Morgan fingerprint density at radius 3 is 2.19 bits per heavy atom. The van der Waals surface area contributed by atoms with E-state index in [1.165, 1.54) is 0 Å². The predicted octanol–water partition coefficient (Wildman–Crippen LogP) is 1.98. The number of hydrogen-bond donors (Lipinski definition) is 2. The highest BCUT2D eigenvalue weighted by molar-refractivity contribution is 5.25. The molecule has 0 fully saturated rings. The zero-order valence-electron chi connectivity index (χ0n) is 10.3. The highest BCUT2D eigenvalue weighted by Gasteiger charge is 2.17. The summed E-state index contributed by atoms with van der Waals surface area (Å²) in [6.07, 6.45) is 0. The molecule has 0 saturated carbocycles. The Balaban J connectivity index is 2.60. The SMILES string of the molecule is CCN(Cc1ccc(O)cc1)CC(C)(C)O. The molecule has 0 saturated heterocycles. The average Bonchev–Trinajstić information content (AvgIpc) is 2.18. The molecule has 3 heteroatoms. The summed E-state index contributed by atoms with van der Waals surface area (Å²) in [4.78, 5) is 2.17. The van der Waals surface area contributed by atoms with Crippen molar-refractivity contribution >= 4 is 0 Å². The summed E-state index contributed by atoms with van der Waals surface area (Å²) in [6, 6.07) is 7.19. The highest BCUT2D eigenvalue weighted by atomic mass is 16.3. The Kier molecular flexibility index (Phi) is 4.33. The second kappa shape index (κ2) is 5.32. The Hall–Kier alpha value is -1.06. The summed E-state index contributed by atoms with van der Waals surface area (Å²) in [5, 5.41) is 18.9. The Bertz CT molecular complexity index is 314. The quantitative estimate of drug-likeness (QED) is 0.802. The summed E-state index contributed by atoms with van der Waals surface area (Å²) >= 11 is 0. The average molecular weight is 223 g/mol. The largest absolute Gasteiger partial charge is 0.508 e. The lowest BCUT2D eigenvalue weighted by molar-refractivity contribution is 0.0353. The van der Waals surface area contributed by atoms with E-state index in [9.17, 15) is 10.2 Å². The molecule has 1 rings (SSSR count). The first-order chi connectivity index (χ1) is 7.40. The first-order valence-corrected chi connectivity index (χ1v) is 5.63. The lowest BCUT2D eigenvalue weighted by Gasteiger charge is -2.27. The van der Waals surface area contributed by atoms with Crippen molar-refractivity contribution in [2.75, 3.05) is 13.1 Å². The van der Waals surface area contributed by atoms with Crippen molar-refractivity contribution in [2.24, 2.45) is 0 Å². The van der Waals surface area contributed by atoms with Crippen LogP contribution in [-0.2, 0) is 6.54 Å². The fraction of sp³-hybridized carbons (Fsp3) is 0.538. The van der Waals surface area contributed by atoms with E-state index in [2.05, 4.69) is 11.8 Å². The van der Waals surface area contributed by atoms with Gasteiger partial charge < -0.3 is 10.2 Å². The third-order valence-corrected chi connectivity index (χ3v) is 2.40. The molecule has 0 atom stereocenters. The molecule has 0 radical (unpaired) electrons. The van der Waals surface area contributed by atoms with Crippen molar-refractivity contribution in [1.29, 1.82) is 0 Å². The molecule has 2 N–H and O–H groups in total. The molecule has 1 aromatic carbocycles. The van der Waals surface area contributed by atoms with E-state index >= 15 is 0 Å². The fourth-order valence-corrected chi connectivity index (χ4v) is 1.69. The minimum absolute atomic E-state index is 0.286. The van der Waals surface area contributed by atoms with Gasteiger partial charge in [-0.2, -0.15) is 0 Å². The van der Waals surface area contributed by atoms with E-state index in [0.717, 1.165) is 18.7 Å². The Morgan fingerprint density at radius 1 is 1.19 bits per heavy atom. The number of phenolic OH excluding ortho intramolecular Hbond substituents is 1. The number of phenols is 1. The topological polar surface area (TPSA) is 43.7 Å². The molecular formula is C13H21NO2. The van der Waals surface area contributed by atoms with Crippen LogP contribution in [0.4, 0.5) is 0 Å². The van der Waals surface area contributed by atoms with Crippen molar-refractivity contribution in [3.8, 4) is 5.75 Å². The number of aromatic hydroxyl groups is 1. The molecule has 90 valence electrons. The molecule has 16 heavy (non-hydrogen) atoms. The van der Waals surface area contributed by atoms with E-state index in [1.807, 2.05) is 26.0 Å². The molecule has 0 aliphatic heterocycles. The van der Waals surface area contributed by atoms with E-state index in [1.54, 1.807) is 12.1 Å². The van der Waals surface area contributed by atoms with Crippen LogP contribution in [0.5, 0.6) is 5.75 Å². The standard InChI is InChI=1S/C13H21NO2/c1-4-14(10-13(2,3)16)9-11-5-7-12(15)8-6-11/h5-8,15-16H,4,9-10H2,1-3H3. The van der Waals surface area contributed by atoms with E-state index < -0.39 is 5.60 Å². The highest BCUT2D eigenvalue weighted by Crippen LogP contribution is 2.13. The zero-order valence-corrected chi connectivity index (χ0v) is 10.3. The molecule has 0 unspecified atom stereocenters. The van der Waals surface area contributed by atoms with Crippen molar-refractivity contribution < 1.29 is 10.2 Å². The first-order valence-electron chi connectivity index (χ1n) is 5.63. The van der Waals surface area contributed by atoms with Crippen LogP contribution in [0.2, 0.25) is 0 Å². The summed E-state index contributed by atoms with van der Waals surface area (Å²) < 4.78 is 0. The molecular weight excluding hydrogens is 202 g/mol. The van der Waals surface area contributed by atoms with Crippen LogP contribution in [-0.4, -0.2) is 33.8 Å². The number of rotatable bonds is 5. The predicted molar refractivity (Wildman–Crippen MR) is 65.4 cm³/mol. The van der Waals surface area contributed by atoms with Gasteiger partial charge in [0, 0.05) is 13.1 Å².